The van der Waals surface area contributed by atoms with Crippen molar-refractivity contribution in [1.82, 2.24) is 4.31 Å². The van der Waals surface area contributed by atoms with Crippen LogP contribution in [-0.4, -0.2) is 45.4 Å². The zero-order valence-corrected chi connectivity index (χ0v) is 17.8. The third-order valence-electron chi connectivity index (χ3n) is 4.60. The lowest BCUT2D eigenvalue weighted by molar-refractivity contribution is 0.102. The van der Waals surface area contributed by atoms with Gasteiger partial charge in [-0.05, 0) is 56.2 Å². The molecule has 0 atom stereocenters. The largest absolute Gasteiger partial charge is 0.495 e. The van der Waals surface area contributed by atoms with Crippen molar-refractivity contribution in [3.8, 4) is 11.5 Å². The van der Waals surface area contributed by atoms with Crippen molar-refractivity contribution in [3.63, 3.8) is 0 Å². The summed E-state index contributed by atoms with van der Waals surface area (Å²) >= 11 is 6.09. The average Bonchev–Trinajstić information content (AvgIpc) is 3.24. The fourth-order valence-electron chi connectivity index (χ4n) is 3.14. The van der Waals surface area contributed by atoms with Gasteiger partial charge in [0.2, 0.25) is 10.0 Å². The van der Waals surface area contributed by atoms with Gasteiger partial charge in [0.15, 0.2) is 0 Å². The first-order valence-corrected chi connectivity index (χ1v) is 11.1. The van der Waals surface area contributed by atoms with Gasteiger partial charge in [0.1, 0.15) is 16.4 Å². The third kappa shape index (κ3) is 4.66. The second-order valence-corrected chi connectivity index (χ2v) is 8.82. The Bertz CT molecular complexity index is 1000. The van der Waals surface area contributed by atoms with Crippen molar-refractivity contribution in [2.45, 2.75) is 24.7 Å². The first-order valence-electron chi connectivity index (χ1n) is 9.28. The molecule has 156 valence electrons. The minimum absolute atomic E-state index is 0.00154. The molecule has 1 N–H and O–H groups in total. The molecule has 0 saturated carbocycles. The summed E-state index contributed by atoms with van der Waals surface area (Å²) in [5.41, 5.74) is 0.678. The molecule has 9 heteroatoms. The summed E-state index contributed by atoms with van der Waals surface area (Å²) in [6.07, 6.45) is 1.64. The van der Waals surface area contributed by atoms with Gasteiger partial charge in [-0.15, -0.1) is 0 Å². The molecular formula is C20H23ClN2O5S. The first-order chi connectivity index (χ1) is 13.9. The van der Waals surface area contributed by atoms with Gasteiger partial charge in [-0.3, -0.25) is 4.79 Å². The third-order valence-corrected chi connectivity index (χ3v) is 6.81. The van der Waals surface area contributed by atoms with E-state index in [2.05, 4.69) is 5.32 Å². The van der Waals surface area contributed by atoms with Crippen LogP contribution in [0, 0.1) is 0 Å². The van der Waals surface area contributed by atoms with E-state index in [1.807, 2.05) is 0 Å². The summed E-state index contributed by atoms with van der Waals surface area (Å²) in [6, 6.07) is 9.27. The quantitative estimate of drug-likeness (QED) is 0.711. The number of amides is 1. The standard InChI is InChI=1S/C20H23ClN2O5S/c1-3-28-18-8-6-14(12-19(18)29(25,26)23-10-4-5-11-23)20(24)22-15-7-9-17(27-2)16(21)13-15/h6-9,12-13H,3-5,10-11H2,1-2H3,(H,22,24). The monoisotopic (exact) mass is 438 g/mol. The van der Waals surface area contributed by atoms with Crippen LogP contribution in [-0.2, 0) is 10.0 Å². The Morgan fingerprint density at radius 2 is 1.83 bits per heavy atom. The molecule has 0 unspecified atom stereocenters. The molecule has 0 radical (unpaired) electrons. The van der Waals surface area contributed by atoms with Crippen molar-refractivity contribution in [3.05, 3.63) is 47.0 Å². The predicted molar refractivity (Wildman–Crippen MR) is 112 cm³/mol. The zero-order valence-electron chi connectivity index (χ0n) is 16.3. The predicted octanol–water partition coefficient (Wildman–Crippen LogP) is 3.78. The molecule has 1 fully saturated rings. The van der Waals surface area contributed by atoms with Crippen molar-refractivity contribution < 1.29 is 22.7 Å². The minimum Gasteiger partial charge on any atom is -0.495 e. The van der Waals surface area contributed by atoms with Crippen LogP contribution in [0.4, 0.5) is 5.69 Å². The number of nitrogens with zero attached hydrogens (tertiary/aromatic N) is 1. The Morgan fingerprint density at radius 1 is 1.14 bits per heavy atom. The molecule has 1 aliphatic rings. The molecular weight excluding hydrogens is 416 g/mol. The Labute approximate surface area is 175 Å². The second kappa shape index (κ2) is 9.02. The van der Waals surface area contributed by atoms with Gasteiger partial charge in [0.25, 0.3) is 5.91 Å². The molecule has 0 aromatic heterocycles. The lowest BCUT2D eigenvalue weighted by Gasteiger charge is -2.19. The van der Waals surface area contributed by atoms with Gasteiger partial charge in [-0.2, -0.15) is 4.31 Å². The number of ether oxygens (including phenoxy) is 2. The van der Waals surface area contributed by atoms with Crippen LogP contribution in [0.3, 0.4) is 0 Å². The van der Waals surface area contributed by atoms with E-state index in [9.17, 15) is 13.2 Å². The van der Waals surface area contributed by atoms with Crippen molar-refractivity contribution >= 4 is 33.2 Å². The van der Waals surface area contributed by atoms with E-state index in [-0.39, 0.29) is 16.2 Å². The summed E-state index contributed by atoms with van der Waals surface area (Å²) in [4.78, 5) is 12.7. The molecule has 1 aliphatic heterocycles. The van der Waals surface area contributed by atoms with E-state index >= 15 is 0 Å². The molecule has 0 aliphatic carbocycles. The Balaban J connectivity index is 1.91. The molecule has 3 rings (SSSR count). The SMILES string of the molecule is CCOc1ccc(C(=O)Nc2ccc(OC)c(Cl)c2)cc1S(=O)(=O)N1CCCC1. The van der Waals surface area contributed by atoms with E-state index < -0.39 is 15.9 Å². The lowest BCUT2D eigenvalue weighted by Crippen LogP contribution is -2.28. The highest BCUT2D eigenvalue weighted by molar-refractivity contribution is 7.89. The fourth-order valence-corrected chi connectivity index (χ4v) is 5.07. The second-order valence-electron chi connectivity index (χ2n) is 6.51. The van der Waals surface area contributed by atoms with Crippen LogP contribution in [0.25, 0.3) is 0 Å². The number of rotatable bonds is 7. The van der Waals surface area contributed by atoms with E-state index in [1.165, 1.54) is 29.6 Å². The van der Waals surface area contributed by atoms with Gasteiger partial charge in [0, 0.05) is 24.3 Å². The Morgan fingerprint density at radius 3 is 2.45 bits per heavy atom. The van der Waals surface area contributed by atoms with Crippen molar-refractivity contribution in [1.29, 1.82) is 0 Å². The number of benzene rings is 2. The number of hydrogen-bond acceptors (Lipinski definition) is 5. The molecule has 29 heavy (non-hydrogen) atoms. The topological polar surface area (TPSA) is 84.9 Å². The van der Waals surface area contributed by atoms with Gasteiger partial charge < -0.3 is 14.8 Å². The maximum absolute atomic E-state index is 13.1. The average molecular weight is 439 g/mol. The van der Waals surface area contributed by atoms with Gasteiger partial charge in [-0.1, -0.05) is 11.6 Å². The molecule has 2 aromatic carbocycles. The van der Waals surface area contributed by atoms with Gasteiger partial charge in [0.05, 0.1) is 18.7 Å². The highest BCUT2D eigenvalue weighted by Crippen LogP contribution is 2.31. The Hall–Kier alpha value is -2.29. The molecule has 1 amide bonds. The summed E-state index contributed by atoms with van der Waals surface area (Å²) in [7, 11) is -2.24. The summed E-state index contributed by atoms with van der Waals surface area (Å²) in [5.74, 6) is 0.278. The summed E-state index contributed by atoms with van der Waals surface area (Å²) in [5, 5.41) is 3.08. The van der Waals surface area contributed by atoms with Crippen LogP contribution in [0.15, 0.2) is 41.3 Å². The van der Waals surface area contributed by atoms with Gasteiger partial charge in [-0.25, -0.2) is 8.42 Å². The highest BCUT2D eigenvalue weighted by atomic mass is 35.5. The van der Waals surface area contributed by atoms with E-state index in [1.54, 1.807) is 25.1 Å². The molecule has 2 aromatic rings. The number of carbonyl (C=O) groups is 1. The fraction of sp³-hybridized carbons (Fsp3) is 0.350. The number of sulfonamides is 1. The lowest BCUT2D eigenvalue weighted by atomic mass is 10.2. The number of hydrogen-bond donors (Lipinski definition) is 1. The van der Waals surface area contributed by atoms with E-state index in [0.29, 0.717) is 36.2 Å². The first kappa shape index (κ1) is 21.4. The maximum Gasteiger partial charge on any atom is 0.255 e. The van der Waals surface area contributed by atoms with Crippen LogP contribution < -0.4 is 14.8 Å². The summed E-state index contributed by atoms with van der Waals surface area (Å²) in [6.45, 7) is 3.03. The van der Waals surface area contributed by atoms with Crippen molar-refractivity contribution in [2.75, 3.05) is 32.1 Å². The number of anilines is 1. The molecule has 1 saturated heterocycles. The number of methoxy groups -OCH3 is 1. The summed E-state index contributed by atoms with van der Waals surface area (Å²) < 4.78 is 38.2. The van der Waals surface area contributed by atoms with E-state index in [0.717, 1.165) is 12.8 Å². The number of halogens is 1. The molecule has 0 bridgehead atoms. The maximum atomic E-state index is 13.1. The minimum atomic E-state index is -3.75. The van der Waals surface area contributed by atoms with E-state index in [4.69, 9.17) is 21.1 Å². The van der Waals surface area contributed by atoms with Crippen LogP contribution in [0.1, 0.15) is 30.1 Å². The zero-order chi connectivity index (χ0) is 21.0. The van der Waals surface area contributed by atoms with Gasteiger partial charge >= 0.3 is 0 Å². The van der Waals surface area contributed by atoms with Crippen LogP contribution in [0.5, 0.6) is 11.5 Å². The molecule has 1 heterocycles. The smallest absolute Gasteiger partial charge is 0.255 e. The Kier molecular flexibility index (Phi) is 6.66. The van der Waals surface area contributed by atoms with Crippen LogP contribution in [0.2, 0.25) is 5.02 Å². The molecule has 0 spiro atoms. The normalized spacial score (nSPS) is 14.6. The molecule has 7 nitrogen and oxygen atoms in total. The number of carbonyl (C=O) groups excluding carboxylic acids is 1. The number of nitrogens with one attached hydrogen (secondary N) is 1. The highest BCUT2D eigenvalue weighted by Gasteiger charge is 2.30. The van der Waals surface area contributed by atoms with Crippen LogP contribution >= 0.6 is 11.6 Å². The van der Waals surface area contributed by atoms with Crippen molar-refractivity contribution in [2.24, 2.45) is 0 Å².